The average Bonchev–Trinajstić information content (AvgIpc) is 2.70. The normalized spacial score (nSPS) is 10.6. The number of aliphatic hydroxyl groups is 1. The Morgan fingerprint density at radius 1 is 1.04 bits per heavy atom. The van der Waals surface area contributed by atoms with Gasteiger partial charge in [0.15, 0.2) is 0 Å². The van der Waals surface area contributed by atoms with E-state index in [1.165, 1.54) is 19.2 Å². The van der Waals surface area contributed by atoms with Gasteiger partial charge in [0.2, 0.25) is 0 Å². The Morgan fingerprint density at radius 2 is 1.74 bits per heavy atom. The SMILES string of the molecule is COc1ccc(Cc2ccc(CO)cc2)c(O)c1-c1cccc([N+](=O)[O-])c1. The molecular weight excluding hydrogens is 346 g/mol. The van der Waals surface area contributed by atoms with Crippen molar-refractivity contribution in [1.29, 1.82) is 0 Å². The van der Waals surface area contributed by atoms with Gasteiger partial charge in [-0.05, 0) is 28.3 Å². The van der Waals surface area contributed by atoms with Gasteiger partial charge in [-0.15, -0.1) is 0 Å². The molecule has 2 N–H and O–H groups in total. The quantitative estimate of drug-likeness (QED) is 0.508. The van der Waals surface area contributed by atoms with Gasteiger partial charge >= 0.3 is 0 Å². The lowest BCUT2D eigenvalue weighted by molar-refractivity contribution is -0.384. The first kappa shape index (κ1) is 18.4. The van der Waals surface area contributed by atoms with Crippen LogP contribution in [-0.4, -0.2) is 22.2 Å². The van der Waals surface area contributed by atoms with Crippen LogP contribution in [0.1, 0.15) is 16.7 Å². The standard InChI is InChI=1S/C21H19NO5/c1-27-19-10-9-17(11-14-5-7-15(13-23)8-6-14)21(24)20(19)16-3-2-4-18(12-16)22(25)26/h2-10,12,23-24H,11,13H2,1H3. The zero-order valence-corrected chi connectivity index (χ0v) is 14.8. The Bertz CT molecular complexity index is 967. The summed E-state index contributed by atoms with van der Waals surface area (Å²) in [6.07, 6.45) is 0.476. The van der Waals surface area contributed by atoms with E-state index < -0.39 is 4.92 Å². The van der Waals surface area contributed by atoms with Crippen molar-refractivity contribution in [3.63, 3.8) is 0 Å². The number of benzene rings is 3. The van der Waals surface area contributed by atoms with E-state index in [2.05, 4.69) is 0 Å². The van der Waals surface area contributed by atoms with Gasteiger partial charge in [0, 0.05) is 18.6 Å². The molecule has 6 heteroatoms. The molecule has 6 nitrogen and oxygen atoms in total. The Kier molecular flexibility index (Phi) is 5.38. The van der Waals surface area contributed by atoms with Crippen LogP contribution in [0.5, 0.6) is 11.5 Å². The summed E-state index contributed by atoms with van der Waals surface area (Å²) < 4.78 is 5.36. The van der Waals surface area contributed by atoms with E-state index in [0.717, 1.165) is 11.1 Å². The minimum absolute atomic E-state index is 0.0228. The van der Waals surface area contributed by atoms with Gasteiger partial charge in [0.25, 0.3) is 5.69 Å². The molecule has 0 radical (unpaired) electrons. The molecule has 138 valence electrons. The molecule has 0 saturated heterocycles. The van der Waals surface area contributed by atoms with Crippen molar-refractivity contribution < 1.29 is 19.9 Å². The molecule has 0 amide bonds. The van der Waals surface area contributed by atoms with Crippen molar-refractivity contribution in [2.75, 3.05) is 7.11 Å². The fourth-order valence-corrected chi connectivity index (χ4v) is 2.96. The predicted molar refractivity (Wildman–Crippen MR) is 102 cm³/mol. The highest BCUT2D eigenvalue weighted by molar-refractivity contribution is 5.79. The number of nitrogens with zero attached hydrogens (tertiary/aromatic N) is 1. The molecule has 0 fully saturated rings. The van der Waals surface area contributed by atoms with Gasteiger partial charge in [-0.1, -0.05) is 42.5 Å². The monoisotopic (exact) mass is 365 g/mol. The Morgan fingerprint density at radius 3 is 2.37 bits per heavy atom. The van der Waals surface area contributed by atoms with Crippen LogP contribution in [0.2, 0.25) is 0 Å². The third-order valence-electron chi connectivity index (χ3n) is 4.39. The van der Waals surface area contributed by atoms with E-state index in [0.29, 0.717) is 28.9 Å². The number of rotatable bonds is 6. The van der Waals surface area contributed by atoms with Crippen LogP contribution in [0, 0.1) is 10.1 Å². The number of nitro groups is 1. The summed E-state index contributed by atoms with van der Waals surface area (Å²) in [6, 6.07) is 17.0. The number of phenols is 1. The maximum Gasteiger partial charge on any atom is 0.270 e. The summed E-state index contributed by atoms with van der Waals surface area (Å²) in [6.45, 7) is -0.0228. The summed E-state index contributed by atoms with van der Waals surface area (Å²) >= 11 is 0. The Hall–Kier alpha value is -3.38. The van der Waals surface area contributed by atoms with Crippen LogP contribution in [0.25, 0.3) is 11.1 Å². The summed E-state index contributed by atoms with van der Waals surface area (Å²) in [5.41, 5.74) is 3.34. The van der Waals surface area contributed by atoms with E-state index in [4.69, 9.17) is 9.84 Å². The van der Waals surface area contributed by atoms with E-state index >= 15 is 0 Å². The average molecular weight is 365 g/mol. The van der Waals surface area contributed by atoms with Crippen molar-refractivity contribution in [2.45, 2.75) is 13.0 Å². The molecule has 0 bridgehead atoms. The molecule has 3 aromatic carbocycles. The van der Waals surface area contributed by atoms with Crippen molar-refractivity contribution in [3.05, 3.63) is 87.5 Å². The number of methoxy groups -OCH3 is 1. The second-order valence-electron chi connectivity index (χ2n) is 6.11. The van der Waals surface area contributed by atoms with Crippen LogP contribution in [0.3, 0.4) is 0 Å². The number of hydrogen-bond donors (Lipinski definition) is 2. The third-order valence-corrected chi connectivity index (χ3v) is 4.39. The number of hydrogen-bond acceptors (Lipinski definition) is 5. The number of non-ortho nitro benzene ring substituents is 1. The first-order valence-electron chi connectivity index (χ1n) is 8.36. The molecule has 0 aliphatic carbocycles. The first-order chi connectivity index (χ1) is 13.0. The molecule has 0 atom stereocenters. The number of aliphatic hydroxyl groups excluding tert-OH is 1. The van der Waals surface area contributed by atoms with E-state index in [-0.39, 0.29) is 18.0 Å². The minimum Gasteiger partial charge on any atom is -0.507 e. The highest BCUT2D eigenvalue weighted by Crippen LogP contribution is 2.41. The van der Waals surface area contributed by atoms with Crippen LogP contribution in [0.4, 0.5) is 5.69 Å². The van der Waals surface area contributed by atoms with Crippen molar-refractivity contribution in [1.82, 2.24) is 0 Å². The molecule has 0 heterocycles. The van der Waals surface area contributed by atoms with Gasteiger partial charge in [0.1, 0.15) is 11.5 Å². The zero-order valence-electron chi connectivity index (χ0n) is 14.8. The first-order valence-corrected chi connectivity index (χ1v) is 8.36. The summed E-state index contributed by atoms with van der Waals surface area (Å²) in [5.74, 6) is 0.466. The smallest absolute Gasteiger partial charge is 0.270 e. The lowest BCUT2D eigenvalue weighted by Crippen LogP contribution is -1.96. The second kappa shape index (κ2) is 7.88. The predicted octanol–water partition coefficient (Wildman–Crippen LogP) is 4.06. The minimum atomic E-state index is -0.473. The molecular formula is C21H19NO5. The van der Waals surface area contributed by atoms with Gasteiger partial charge in [-0.2, -0.15) is 0 Å². The molecule has 0 aliphatic rings. The second-order valence-corrected chi connectivity index (χ2v) is 6.11. The number of phenolic OH excluding ortho intramolecular Hbond substituents is 1. The molecule has 0 unspecified atom stereocenters. The van der Waals surface area contributed by atoms with Crippen molar-refractivity contribution >= 4 is 5.69 Å². The molecule has 3 rings (SSSR count). The maximum atomic E-state index is 11.1. The fraction of sp³-hybridized carbons (Fsp3) is 0.143. The lowest BCUT2D eigenvalue weighted by Gasteiger charge is -2.14. The Labute approximate surface area is 156 Å². The van der Waals surface area contributed by atoms with Gasteiger partial charge in [0.05, 0.1) is 24.2 Å². The van der Waals surface area contributed by atoms with E-state index in [9.17, 15) is 15.2 Å². The Balaban J connectivity index is 2.04. The topological polar surface area (TPSA) is 92.8 Å². The zero-order chi connectivity index (χ0) is 19.4. The number of nitro benzene ring substituents is 1. The molecule has 3 aromatic rings. The molecule has 27 heavy (non-hydrogen) atoms. The van der Waals surface area contributed by atoms with Crippen LogP contribution >= 0.6 is 0 Å². The molecule has 0 aliphatic heterocycles. The number of ether oxygens (including phenoxy) is 1. The molecule has 0 spiro atoms. The highest BCUT2D eigenvalue weighted by Gasteiger charge is 2.18. The summed E-state index contributed by atoms with van der Waals surface area (Å²) in [5, 5.41) is 31.1. The summed E-state index contributed by atoms with van der Waals surface area (Å²) in [4.78, 5) is 10.6. The lowest BCUT2D eigenvalue weighted by atomic mass is 9.96. The van der Waals surface area contributed by atoms with Crippen LogP contribution in [-0.2, 0) is 13.0 Å². The van der Waals surface area contributed by atoms with E-state index in [1.54, 1.807) is 24.3 Å². The molecule has 0 saturated carbocycles. The van der Waals surface area contributed by atoms with Crippen molar-refractivity contribution in [2.24, 2.45) is 0 Å². The number of aromatic hydroxyl groups is 1. The highest BCUT2D eigenvalue weighted by atomic mass is 16.6. The van der Waals surface area contributed by atoms with E-state index in [1.807, 2.05) is 24.3 Å². The summed E-state index contributed by atoms with van der Waals surface area (Å²) in [7, 11) is 1.49. The van der Waals surface area contributed by atoms with Crippen molar-refractivity contribution in [3.8, 4) is 22.6 Å². The molecule has 0 aromatic heterocycles. The third kappa shape index (κ3) is 3.91. The van der Waals surface area contributed by atoms with Gasteiger partial charge < -0.3 is 14.9 Å². The maximum absolute atomic E-state index is 11.1. The van der Waals surface area contributed by atoms with Crippen LogP contribution in [0.15, 0.2) is 60.7 Å². The van der Waals surface area contributed by atoms with Gasteiger partial charge in [-0.25, -0.2) is 0 Å². The van der Waals surface area contributed by atoms with Gasteiger partial charge in [-0.3, -0.25) is 10.1 Å². The fourth-order valence-electron chi connectivity index (χ4n) is 2.96. The largest absolute Gasteiger partial charge is 0.507 e. The van der Waals surface area contributed by atoms with Crippen LogP contribution < -0.4 is 4.74 Å².